The fourth-order valence-corrected chi connectivity index (χ4v) is 5.25. The predicted octanol–water partition coefficient (Wildman–Crippen LogP) is 6.02. The number of amides is 1. The van der Waals surface area contributed by atoms with Crippen molar-refractivity contribution in [3.8, 4) is 11.3 Å². The number of hydrogen-bond donors (Lipinski definition) is 0. The van der Waals surface area contributed by atoms with Gasteiger partial charge in [0, 0.05) is 29.9 Å². The summed E-state index contributed by atoms with van der Waals surface area (Å²) >= 11 is 0. The van der Waals surface area contributed by atoms with Crippen LogP contribution in [0.15, 0.2) is 30.3 Å². The zero-order valence-electron chi connectivity index (χ0n) is 20.1. The van der Waals surface area contributed by atoms with E-state index in [1.54, 1.807) is 16.6 Å². The summed E-state index contributed by atoms with van der Waals surface area (Å²) in [5.74, 6) is 0.142. The molecule has 2 aliphatic rings. The van der Waals surface area contributed by atoms with E-state index in [1.807, 2.05) is 30.0 Å². The van der Waals surface area contributed by atoms with Crippen LogP contribution in [0.25, 0.3) is 16.9 Å². The first-order valence-corrected chi connectivity index (χ1v) is 12.3. The third kappa shape index (κ3) is 4.04. The second kappa shape index (κ2) is 8.23. The van der Waals surface area contributed by atoms with Crippen LogP contribution >= 0.6 is 0 Å². The molecular formula is C27H33FN4O. The predicted molar refractivity (Wildman–Crippen MR) is 128 cm³/mol. The Labute approximate surface area is 195 Å². The van der Waals surface area contributed by atoms with E-state index >= 15 is 4.39 Å². The first kappa shape index (κ1) is 22.1. The standard InChI is InChI=1S/C27H33FN4O/c1-5-19-14-24(26(33)31-12-8-6-7-9-17(31)2)29-25-15-23(30-32(19)25)20-11-10-18(13-22(20)28)21-16-27(21,3)4/h10-11,13-15,17,21H,5-9,12,16H2,1-4H3/t17?,21-/m0/s1. The lowest BCUT2D eigenvalue weighted by Gasteiger charge is -2.27. The molecule has 1 saturated heterocycles. The Balaban J connectivity index is 1.50. The molecular weight excluding hydrogens is 415 g/mol. The number of halogens is 1. The minimum Gasteiger partial charge on any atom is -0.335 e. The third-order valence-corrected chi connectivity index (χ3v) is 7.58. The number of aryl methyl sites for hydroxylation is 1. The van der Waals surface area contributed by atoms with E-state index in [0.717, 1.165) is 49.9 Å². The maximum atomic E-state index is 15.1. The van der Waals surface area contributed by atoms with Crippen LogP contribution in [0.2, 0.25) is 0 Å². The Morgan fingerprint density at radius 3 is 2.67 bits per heavy atom. The minimum atomic E-state index is -0.258. The van der Waals surface area contributed by atoms with Crippen LogP contribution in [0.1, 0.15) is 87.5 Å². The van der Waals surface area contributed by atoms with Gasteiger partial charge in [0.1, 0.15) is 11.5 Å². The van der Waals surface area contributed by atoms with Crippen LogP contribution in [0, 0.1) is 11.2 Å². The molecule has 1 aromatic carbocycles. The number of benzene rings is 1. The van der Waals surface area contributed by atoms with Crippen LogP contribution in [-0.4, -0.2) is 38.0 Å². The molecule has 5 nitrogen and oxygen atoms in total. The quantitative estimate of drug-likeness (QED) is 0.491. The molecule has 1 saturated carbocycles. The molecule has 1 aliphatic carbocycles. The summed E-state index contributed by atoms with van der Waals surface area (Å²) in [4.78, 5) is 20.0. The summed E-state index contributed by atoms with van der Waals surface area (Å²) in [6.45, 7) is 9.36. The summed E-state index contributed by atoms with van der Waals surface area (Å²) in [6.07, 6.45) is 6.17. The van der Waals surface area contributed by atoms with Crippen molar-refractivity contribution in [2.24, 2.45) is 5.41 Å². The van der Waals surface area contributed by atoms with Crippen molar-refractivity contribution >= 4 is 11.6 Å². The normalized spacial score (nSPS) is 22.4. The Hall–Kier alpha value is -2.76. The minimum absolute atomic E-state index is 0.0214. The van der Waals surface area contributed by atoms with Gasteiger partial charge >= 0.3 is 0 Å². The van der Waals surface area contributed by atoms with Crippen molar-refractivity contribution in [2.45, 2.75) is 78.2 Å². The lowest BCUT2D eigenvalue weighted by atomic mass is 10.0. The molecule has 2 atom stereocenters. The van der Waals surface area contributed by atoms with Gasteiger partial charge in [-0.3, -0.25) is 4.79 Å². The molecule has 6 heteroatoms. The van der Waals surface area contributed by atoms with Crippen LogP contribution in [0.3, 0.4) is 0 Å². The Morgan fingerprint density at radius 2 is 1.97 bits per heavy atom. The van der Waals surface area contributed by atoms with Crippen molar-refractivity contribution in [1.29, 1.82) is 0 Å². The van der Waals surface area contributed by atoms with Crippen molar-refractivity contribution in [3.63, 3.8) is 0 Å². The highest BCUT2D eigenvalue weighted by Gasteiger charge is 2.46. The summed E-state index contributed by atoms with van der Waals surface area (Å²) in [5.41, 5.74) is 4.26. The number of carbonyl (C=O) groups excluding carboxylic acids is 1. The van der Waals surface area contributed by atoms with Gasteiger partial charge in [-0.25, -0.2) is 13.9 Å². The second-order valence-corrected chi connectivity index (χ2v) is 10.5. The Bertz CT molecular complexity index is 1210. The molecule has 5 rings (SSSR count). The molecule has 1 amide bonds. The van der Waals surface area contributed by atoms with E-state index in [9.17, 15) is 4.79 Å². The van der Waals surface area contributed by atoms with Crippen molar-refractivity contribution in [2.75, 3.05) is 6.54 Å². The van der Waals surface area contributed by atoms with Crippen LogP contribution < -0.4 is 0 Å². The monoisotopic (exact) mass is 448 g/mol. The highest BCUT2D eigenvalue weighted by atomic mass is 19.1. The molecule has 1 aliphatic heterocycles. The number of carbonyl (C=O) groups is 1. The van der Waals surface area contributed by atoms with E-state index in [1.165, 1.54) is 0 Å². The number of aromatic nitrogens is 3. The van der Waals surface area contributed by atoms with E-state index in [0.29, 0.717) is 34.9 Å². The number of fused-ring (bicyclic) bond motifs is 1. The van der Waals surface area contributed by atoms with Gasteiger partial charge in [-0.15, -0.1) is 0 Å². The molecule has 0 spiro atoms. The Kier molecular flexibility index (Phi) is 5.50. The lowest BCUT2D eigenvalue weighted by Crippen LogP contribution is -2.38. The molecule has 0 N–H and O–H groups in total. The van der Waals surface area contributed by atoms with E-state index < -0.39 is 0 Å². The lowest BCUT2D eigenvalue weighted by molar-refractivity contribution is 0.0692. The highest BCUT2D eigenvalue weighted by Crippen LogP contribution is 2.58. The van der Waals surface area contributed by atoms with E-state index in [4.69, 9.17) is 0 Å². The van der Waals surface area contributed by atoms with Gasteiger partial charge in [-0.05, 0) is 67.7 Å². The molecule has 3 aromatic rings. The van der Waals surface area contributed by atoms with Gasteiger partial charge in [0.05, 0.1) is 5.69 Å². The maximum absolute atomic E-state index is 15.1. The van der Waals surface area contributed by atoms with E-state index in [2.05, 4.69) is 30.9 Å². The molecule has 0 bridgehead atoms. The Morgan fingerprint density at radius 1 is 1.18 bits per heavy atom. The topological polar surface area (TPSA) is 50.5 Å². The summed E-state index contributed by atoms with van der Waals surface area (Å²) in [7, 11) is 0. The van der Waals surface area contributed by atoms with Gasteiger partial charge in [0.15, 0.2) is 5.65 Å². The maximum Gasteiger partial charge on any atom is 0.272 e. The zero-order valence-corrected chi connectivity index (χ0v) is 20.1. The SMILES string of the molecule is CCc1cc(C(=O)N2CCCCCC2C)nc2cc(-c3ccc([C@@H]4CC4(C)C)cc3F)nn12. The molecule has 3 heterocycles. The summed E-state index contributed by atoms with van der Waals surface area (Å²) in [6, 6.07) is 9.36. The van der Waals surface area contributed by atoms with E-state index in [-0.39, 0.29) is 23.2 Å². The number of nitrogens with zero attached hydrogens (tertiary/aromatic N) is 4. The second-order valence-electron chi connectivity index (χ2n) is 10.5. The number of rotatable bonds is 4. The zero-order chi connectivity index (χ0) is 23.3. The van der Waals surface area contributed by atoms with Crippen molar-refractivity contribution in [1.82, 2.24) is 19.5 Å². The highest BCUT2D eigenvalue weighted by molar-refractivity contribution is 5.93. The fraction of sp³-hybridized carbons (Fsp3) is 0.519. The third-order valence-electron chi connectivity index (χ3n) is 7.58. The molecule has 0 radical (unpaired) electrons. The molecule has 33 heavy (non-hydrogen) atoms. The summed E-state index contributed by atoms with van der Waals surface area (Å²) in [5, 5.41) is 4.67. The number of likely N-dealkylation sites (tertiary alicyclic amines) is 1. The van der Waals surface area contributed by atoms with Crippen LogP contribution in [-0.2, 0) is 6.42 Å². The first-order valence-electron chi connectivity index (χ1n) is 12.3. The molecule has 2 fully saturated rings. The smallest absolute Gasteiger partial charge is 0.272 e. The van der Waals surface area contributed by atoms with Crippen LogP contribution in [0.4, 0.5) is 4.39 Å². The van der Waals surface area contributed by atoms with Gasteiger partial charge < -0.3 is 4.90 Å². The van der Waals surface area contributed by atoms with Gasteiger partial charge in [0.2, 0.25) is 0 Å². The van der Waals surface area contributed by atoms with Gasteiger partial charge in [-0.1, -0.05) is 39.7 Å². The van der Waals surface area contributed by atoms with Gasteiger partial charge in [0.25, 0.3) is 5.91 Å². The van der Waals surface area contributed by atoms with Crippen LogP contribution in [0.5, 0.6) is 0 Å². The van der Waals surface area contributed by atoms with Gasteiger partial charge in [-0.2, -0.15) is 5.10 Å². The summed E-state index contributed by atoms with van der Waals surface area (Å²) < 4.78 is 16.8. The van der Waals surface area contributed by atoms with Crippen molar-refractivity contribution < 1.29 is 9.18 Å². The molecule has 2 aromatic heterocycles. The molecule has 174 valence electrons. The largest absolute Gasteiger partial charge is 0.335 e. The average Bonchev–Trinajstić information content (AvgIpc) is 3.31. The average molecular weight is 449 g/mol. The van der Waals surface area contributed by atoms with Crippen molar-refractivity contribution in [3.05, 3.63) is 53.1 Å². The first-order chi connectivity index (χ1) is 15.8. The fourth-order valence-electron chi connectivity index (χ4n) is 5.25. The number of hydrogen-bond acceptors (Lipinski definition) is 3. The molecule has 1 unspecified atom stereocenters.